The molecule has 0 amide bonds. The Morgan fingerprint density at radius 1 is 1.47 bits per heavy atom. The van der Waals surface area contributed by atoms with Crippen molar-refractivity contribution in [2.75, 3.05) is 6.61 Å². The first-order valence-electron chi connectivity index (χ1n) is 5.07. The Morgan fingerprint density at radius 3 is 2.93 bits per heavy atom. The maximum Gasteiger partial charge on any atom is 0.354 e. The average Bonchev–Trinajstić information content (AvgIpc) is 2.25. The molecule has 1 aromatic heterocycles. The highest BCUT2D eigenvalue weighted by molar-refractivity contribution is 5.85. The number of carbonyl (C=O) groups is 1. The Balaban J connectivity index is 2.47. The van der Waals surface area contributed by atoms with E-state index in [1.165, 1.54) is 6.07 Å². The van der Waals surface area contributed by atoms with Crippen molar-refractivity contribution < 1.29 is 14.6 Å². The largest absolute Gasteiger partial charge is 0.478 e. The van der Waals surface area contributed by atoms with Crippen LogP contribution in [0.1, 0.15) is 36.7 Å². The van der Waals surface area contributed by atoms with Crippen molar-refractivity contribution >= 4 is 5.97 Å². The van der Waals surface area contributed by atoms with Crippen molar-refractivity contribution in [1.82, 2.24) is 4.98 Å². The number of rotatable bonds is 6. The monoisotopic (exact) mass is 209 g/mol. The van der Waals surface area contributed by atoms with Gasteiger partial charge in [0.15, 0.2) is 5.69 Å². The Kier molecular flexibility index (Phi) is 4.60. The molecule has 1 aromatic rings. The van der Waals surface area contributed by atoms with Crippen LogP contribution in [-0.4, -0.2) is 22.7 Å². The number of hydrogen-bond acceptors (Lipinski definition) is 3. The SMILES string of the molecule is CCCCCOc1cccc(C(=O)O)n1. The molecule has 1 rings (SSSR count). The van der Waals surface area contributed by atoms with E-state index >= 15 is 0 Å². The molecule has 0 saturated heterocycles. The van der Waals surface area contributed by atoms with Gasteiger partial charge >= 0.3 is 5.97 Å². The molecule has 1 N–H and O–H groups in total. The third-order valence-corrected chi connectivity index (χ3v) is 1.94. The minimum atomic E-state index is -1.03. The smallest absolute Gasteiger partial charge is 0.354 e. The summed E-state index contributed by atoms with van der Waals surface area (Å²) >= 11 is 0. The van der Waals surface area contributed by atoms with Gasteiger partial charge in [0.2, 0.25) is 5.88 Å². The topological polar surface area (TPSA) is 59.4 Å². The molecule has 15 heavy (non-hydrogen) atoms. The van der Waals surface area contributed by atoms with E-state index in [0.29, 0.717) is 12.5 Å². The van der Waals surface area contributed by atoms with Crippen molar-refractivity contribution in [2.24, 2.45) is 0 Å². The lowest BCUT2D eigenvalue weighted by Crippen LogP contribution is -2.03. The van der Waals surface area contributed by atoms with Gasteiger partial charge in [-0.3, -0.25) is 0 Å². The number of nitrogens with zero attached hydrogens (tertiary/aromatic N) is 1. The molecule has 0 aliphatic heterocycles. The van der Waals surface area contributed by atoms with E-state index in [0.717, 1.165) is 19.3 Å². The maximum atomic E-state index is 10.6. The molecule has 0 aliphatic rings. The summed E-state index contributed by atoms with van der Waals surface area (Å²) in [5.41, 5.74) is 0.0167. The molecule has 1 heterocycles. The predicted octanol–water partition coefficient (Wildman–Crippen LogP) is 2.35. The summed E-state index contributed by atoms with van der Waals surface area (Å²) < 4.78 is 5.32. The third-order valence-electron chi connectivity index (χ3n) is 1.94. The number of carboxylic acid groups (broad SMARTS) is 1. The normalized spacial score (nSPS) is 9.93. The van der Waals surface area contributed by atoms with Crippen LogP contribution in [0.2, 0.25) is 0 Å². The van der Waals surface area contributed by atoms with E-state index < -0.39 is 5.97 Å². The minimum Gasteiger partial charge on any atom is -0.478 e. The van der Waals surface area contributed by atoms with Gasteiger partial charge in [-0.2, -0.15) is 0 Å². The fourth-order valence-electron chi connectivity index (χ4n) is 1.14. The molecule has 0 saturated carbocycles. The van der Waals surface area contributed by atoms with Gasteiger partial charge < -0.3 is 9.84 Å². The number of hydrogen-bond donors (Lipinski definition) is 1. The second-order valence-corrected chi connectivity index (χ2v) is 3.22. The zero-order chi connectivity index (χ0) is 11.1. The zero-order valence-corrected chi connectivity index (χ0v) is 8.77. The van der Waals surface area contributed by atoms with Crippen molar-refractivity contribution in [3.63, 3.8) is 0 Å². The van der Waals surface area contributed by atoms with E-state index in [1.54, 1.807) is 12.1 Å². The summed E-state index contributed by atoms with van der Waals surface area (Å²) in [7, 11) is 0. The first kappa shape index (κ1) is 11.5. The molecule has 0 bridgehead atoms. The van der Waals surface area contributed by atoms with E-state index in [9.17, 15) is 4.79 Å². The summed E-state index contributed by atoms with van der Waals surface area (Å²) in [6.45, 7) is 2.70. The van der Waals surface area contributed by atoms with Crippen LogP contribution in [0.15, 0.2) is 18.2 Å². The molecule has 0 aromatic carbocycles. The molecule has 0 spiro atoms. The van der Waals surface area contributed by atoms with Gasteiger partial charge in [-0.25, -0.2) is 9.78 Å². The highest BCUT2D eigenvalue weighted by atomic mass is 16.5. The number of carboxylic acids is 1. The minimum absolute atomic E-state index is 0.0167. The first-order valence-corrected chi connectivity index (χ1v) is 5.07. The summed E-state index contributed by atoms with van der Waals surface area (Å²) in [4.78, 5) is 14.5. The Bertz CT molecular complexity index is 325. The van der Waals surface area contributed by atoms with Gasteiger partial charge in [-0.1, -0.05) is 25.8 Å². The second kappa shape index (κ2) is 6.01. The molecular formula is C11H15NO3. The third kappa shape index (κ3) is 3.97. The molecular weight excluding hydrogens is 194 g/mol. The van der Waals surface area contributed by atoms with Crippen molar-refractivity contribution in [2.45, 2.75) is 26.2 Å². The zero-order valence-electron chi connectivity index (χ0n) is 8.77. The van der Waals surface area contributed by atoms with Crippen LogP contribution in [0, 0.1) is 0 Å². The summed E-state index contributed by atoms with van der Waals surface area (Å²) in [6.07, 6.45) is 3.21. The Hall–Kier alpha value is -1.58. The average molecular weight is 209 g/mol. The number of ether oxygens (including phenoxy) is 1. The van der Waals surface area contributed by atoms with Crippen molar-refractivity contribution in [1.29, 1.82) is 0 Å². The quantitative estimate of drug-likeness (QED) is 0.730. The fraction of sp³-hybridized carbons (Fsp3) is 0.455. The van der Waals surface area contributed by atoms with Gasteiger partial charge in [0, 0.05) is 6.07 Å². The number of pyridine rings is 1. The molecule has 0 unspecified atom stereocenters. The number of aromatic nitrogens is 1. The van der Waals surface area contributed by atoms with Crippen LogP contribution in [0.4, 0.5) is 0 Å². The van der Waals surface area contributed by atoms with Crippen LogP contribution in [-0.2, 0) is 0 Å². The number of aromatic carboxylic acids is 1. The van der Waals surface area contributed by atoms with Crippen LogP contribution in [0.5, 0.6) is 5.88 Å². The number of unbranched alkanes of at least 4 members (excludes halogenated alkanes) is 2. The van der Waals surface area contributed by atoms with Gasteiger partial charge in [0.25, 0.3) is 0 Å². The lowest BCUT2D eigenvalue weighted by atomic mass is 10.3. The fourth-order valence-corrected chi connectivity index (χ4v) is 1.14. The first-order chi connectivity index (χ1) is 7.24. The Morgan fingerprint density at radius 2 is 2.27 bits per heavy atom. The maximum absolute atomic E-state index is 10.6. The van der Waals surface area contributed by atoms with Gasteiger partial charge in [-0.15, -0.1) is 0 Å². The molecule has 4 nitrogen and oxygen atoms in total. The van der Waals surface area contributed by atoms with Gasteiger partial charge in [0.05, 0.1) is 6.61 Å². The van der Waals surface area contributed by atoms with Crippen LogP contribution in [0.3, 0.4) is 0 Å². The summed E-state index contributed by atoms with van der Waals surface area (Å²) in [5.74, 6) is -0.653. The lowest BCUT2D eigenvalue weighted by molar-refractivity contribution is 0.0689. The van der Waals surface area contributed by atoms with E-state index in [4.69, 9.17) is 9.84 Å². The van der Waals surface area contributed by atoms with Crippen LogP contribution >= 0.6 is 0 Å². The molecule has 4 heteroatoms. The second-order valence-electron chi connectivity index (χ2n) is 3.22. The van der Waals surface area contributed by atoms with E-state index in [-0.39, 0.29) is 5.69 Å². The van der Waals surface area contributed by atoms with Gasteiger partial charge in [-0.05, 0) is 12.5 Å². The summed E-state index contributed by atoms with van der Waals surface area (Å²) in [5, 5.41) is 8.70. The van der Waals surface area contributed by atoms with E-state index in [1.807, 2.05) is 0 Å². The Labute approximate surface area is 88.9 Å². The van der Waals surface area contributed by atoms with Crippen molar-refractivity contribution in [3.05, 3.63) is 23.9 Å². The highest BCUT2D eigenvalue weighted by Gasteiger charge is 2.05. The molecule has 0 fully saturated rings. The molecule has 0 radical (unpaired) electrons. The lowest BCUT2D eigenvalue weighted by Gasteiger charge is -2.04. The highest BCUT2D eigenvalue weighted by Crippen LogP contribution is 2.08. The standard InChI is InChI=1S/C11H15NO3/c1-2-3-4-8-15-10-7-5-6-9(12-10)11(13)14/h5-7H,2-4,8H2,1H3,(H,13,14). The van der Waals surface area contributed by atoms with Crippen LogP contribution < -0.4 is 4.74 Å². The molecule has 0 aliphatic carbocycles. The molecule has 0 atom stereocenters. The summed E-state index contributed by atoms with van der Waals surface area (Å²) in [6, 6.07) is 4.74. The van der Waals surface area contributed by atoms with Crippen molar-refractivity contribution in [3.8, 4) is 5.88 Å². The predicted molar refractivity (Wildman–Crippen MR) is 56.2 cm³/mol. The van der Waals surface area contributed by atoms with Gasteiger partial charge in [0.1, 0.15) is 0 Å². The van der Waals surface area contributed by atoms with Crippen LogP contribution in [0.25, 0.3) is 0 Å². The molecule has 82 valence electrons. The van der Waals surface area contributed by atoms with E-state index in [2.05, 4.69) is 11.9 Å².